The van der Waals surface area contributed by atoms with E-state index in [1.54, 1.807) is 29.1 Å². The first kappa shape index (κ1) is 13.1. The van der Waals surface area contributed by atoms with Crippen LogP contribution in [0.4, 0.5) is 0 Å². The third kappa shape index (κ3) is 3.12. The topological polar surface area (TPSA) is 34.9 Å². The Morgan fingerprint density at radius 2 is 1.94 bits per heavy atom. The number of halogens is 2. The summed E-state index contributed by atoms with van der Waals surface area (Å²) in [7, 11) is 0. The fourth-order valence-electron chi connectivity index (χ4n) is 1.67. The van der Waals surface area contributed by atoms with E-state index in [2.05, 4.69) is 5.10 Å². The van der Waals surface area contributed by atoms with E-state index in [1.165, 1.54) is 0 Å². The Bertz CT molecular complexity index is 558. The molecule has 0 saturated heterocycles. The van der Waals surface area contributed by atoms with Crippen LogP contribution in [-0.4, -0.2) is 15.6 Å². The monoisotopic (exact) mass is 282 g/mol. The van der Waals surface area contributed by atoms with Crippen molar-refractivity contribution in [2.24, 2.45) is 0 Å². The molecular weight excluding hydrogens is 271 g/mol. The molecule has 94 valence electrons. The van der Waals surface area contributed by atoms with Gasteiger partial charge in [0.05, 0.1) is 6.20 Å². The first-order valence-corrected chi connectivity index (χ1v) is 6.34. The third-order valence-corrected chi connectivity index (χ3v) is 3.00. The van der Waals surface area contributed by atoms with Gasteiger partial charge in [-0.15, -0.1) is 0 Å². The van der Waals surface area contributed by atoms with Crippen LogP contribution in [0.15, 0.2) is 30.6 Å². The average Bonchev–Trinajstić information content (AvgIpc) is 2.75. The van der Waals surface area contributed by atoms with Gasteiger partial charge in [0.2, 0.25) is 0 Å². The van der Waals surface area contributed by atoms with Gasteiger partial charge in [-0.1, -0.05) is 23.2 Å². The lowest BCUT2D eigenvalue weighted by atomic mass is 10.1. The average molecular weight is 283 g/mol. The van der Waals surface area contributed by atoms with Gasteiger partial charge in [0, 0.05) is 34.8 Å². The van der Waals surface area contributed by atoms with Crippen molar-refractivity contribution in [2.45, 2.75) is 19.9 Å². The number of aromatic nitrogens is 2. The zero-order valence-corrected chi connectivity index (χ0v) is 11.4. The van der Waals surface area contributed by atoms with Gasteiger partial charge in [-0.05, 0) is 30.7 Å². The summed E-state index contributed by atoms with van der Waals surface area (Å²) in [6.45, 7) is 2.78. The van der Waals surface area contributed by atoms with Crippen molar-refractivity contribution < 1.29 is 4.79 Å². The van der Waals surface area contributed by atoms with Crippen molar-refractivity contribution in [3.63, 3.8) is 0 Å². The van der Waals surface area contributed by atoms with Crippen molar-refractivity contribution in [3.05, 3.63) is 51.8 Å². The smallest absolute Gasteiger partial charge is 0.167 e. The number of nitrogens with zero attached hydrogens (tertiary/aromatic N) is 2. The predicted octanol–water partition coefficient (Wildman–Crippen LogP) is 3.64. The van der Waals surface area contributed by atoms with E-state index in [0.717, 1.165) is 12.1 Å². The molecule has 2 aromatic rings. The first-order valence-electron chi connectivity index (χ1n) is 5.59. The molecule has 5 heteroatoms. The maximum atomic E-state index is 12.1. The van der Waals surface area contributed by atoms with Crippen molar-refractivity contribution in [2.75, 3.05) is 0 Å². The zero-order chi connectivity index (χ0) is 13.1. The number of ketones is 1. The molecule has 0 bridgehead atoms. The van der Waals surface area contributed by atoms with E-state index >= 15 is 0 Å². The maximum Gasteiger partial charge on any atom is 0.167 e. The zero-order valence-electron chi connectivity index (χ0n) is 9.86. The number of benzene rings is 1. The molecule has 0 spiro atoms. The van der Waals surface area contributed by atoms with Crippen LogP contribution in [-0.2, 0) is 13.0 Å². The molecule has 1 heterocycles. The number of carbonyl (C=O) groups excluding carboxylic acids is 1. The summed E-state index contributed by atoms with van der Waals surface area (Å²) >= 11 is 11.7. The molecule has 1 aromatic heterocycles. The quantitative estimate of drug-likeness (QED) is 0.803. The maximum absolute atomic E-state index is 12.1. The van der Waals surface area contributed by atoms with Crippen LogP contribution in [0.5, 0.6) is 0 Å². The van der Waals surface area contributed by atoms with E-state index in [4.69, 9.17) is 23.2 Å². The minimum Gasteiger partial charge on any atom is -0.294 e. The highest BCUT2D eigenvalue weighted by molar-refractivity contribution is 6.35. The Balaban J connectivity index is 2.16. The molecule has 18 heavy (non-hydrogen) atoms. The molecule has 0 aliphatic carbocycles. The second-order valence-corrected chi connectivity index (χ2v) is 4.84. The summed E-state index contributed by atoms with van der Waals surface area (Å²) in [5.41, 5.74) is 1.41. The summed E-state index contributed by atoms with van der Waals surface area (Å²) in [6, 6.07) is 4.86. The summed E-state index contributed by atoms with van der Waals surface area (Å²) in [6.07, 6.45) is 3.87. The van der Waals surface area contributed by atoms with Crippen molar-refractivity contribution in [1.29, 1.82) is 0 Å². The molecule has 2 rings (SSSR count). The number of aryl methyl sites for hydroxylation is 1. The van der Waals surface area contributed by atoms with Gasteiger partial charge >= 0.3 is 0 Å². The summed E-state index contributed by atoms with van der Waals surface area (Å²) in [5, 5.41) is 5.06. The van der Waals surface area contributed by atoms with Crippen LogP contribution in [0.2, 0.25) is 10.0 Å². The number of carbonyl (C=O) groups is 1. The first-order chi connectivity index (χ1) is 8.58. The van der Waals surface area contributed by atoms with Gasteiger partial charge in [0.25, 0.3) is 0 Å². The van der Waals surface area contributed by atoms with Gasteiger partial charge < -0.3 is 0 Å². The van der Waals surface area contributed by atoms with Gasteiger partial charge in [0.15, 0.2) is 5.78 Å². The second kappa shape index (κ2) is 5.55. The molecule has 0 atom stereocenters. The Hall–Kier alpha value is -1.32. The molecule has 0 saturated carbocycles. The van der Waals surface area contributed by atoms with Crippen LogP contribution < -0.4 is 0 Å². The van der Waals surface area contributed by atoms with Crippen LogP contribution in [0, 0.1) is 0 Å². The minimum atomic E-state index is -0.0185. The predicted molar refractivity (Wildman–Crippen MR) is 72.4 cm³/mol. The lowest BCUT2D eigenvalue weighted by Crippen LogP contribution is -2.03. The molecule has 1 aromatic carbocycles. The van der Waals surface area contributed by atoms with Crippen molar-refractivity contribution in [1.82, 2.24) is 9.78 Å². The van der Waals surface area contributed by atoms with E-state index < -0.39 is 0 Å². The largest absolute Gasteiger partial charge is 0.294 e. The number of hydrogen-bond acceptors (Lipinski definition) is 2. The number of rotatable bonds is 4. The molecule has 3 nitrogen and oxygen atoms in total. The fourth-order valence-corrected chi connectivity index (χ4v) is 2.20. The molecule has 0 radical (unpaired) electrons. The van der Waals surface area contributed by atoms with Crippen molar-refractivity contribution >= 4 is 29.0 Å². The van der Waals surface area contributed by atoms with Gasteiger partial charge in [0.1, 0.15) is 0 Å². The highest BCUT2D eigenvalue weighted by atomic mass is 35.5. The molecule has 0 N–H and O–H groups in total. The van der Waals surface area contributed by atoms with Crippen LogP contribution in [0.1, 0.15) is 22.8 Å². The van der Waals surface area contributed by atoms with E-state index in [9.17, 15) is 4.79 Å². The van der Waals surface area contributed by atoms with Gasteiger partial charge in [-0.3, -0.25) is 9.48 Å². The van der Waals surface area contributed by atoms with E-state index in [-0.39, 0.29) is 5.78 Å². The van der Waals surface area contributed by atoms with E-state index in [1.807, 2.05) is 13.1 Å². The third-order valence-electron chi connectivity index (χ3n) is 2.56. The summed E-state index contributed by atoms with van der Waals surface area (Å²) < 4.78 is 1.79. The lowest BCUT2D eigenvalue weighted by Gasteiger charge is -2.01. The number of Topliss-reactive ketones (excluding diaryl/α,β-unsaturated/α-hetero) is 1. The molecule has 0 amide bonds. The van der Waals surface area contributed by atoms with Crippen molar-refractivity contribution in [3.8, 4) is 0 Å². The Kier molecular flexibility index (Phi) is 4.04. The van der Waals surface area contributed by atoms with Gasteiger partial charge in [-0.2, -0.15) is 5.10 Å². The fraction of sp³-hybridized carbons (Fsp3) is 0.231. The minimum absolute atomic E-state index is 0.0185. The highest BCUT2D eigenvalue weighted by Gasteiger charge is 2.10. The van der Waals surface area contributed by atoms with Crippen LogP contribution in [0.3, 0.4) is 0 Å². The Labute approximate surface area is 115 Å². The molecular formula is C13H12Cl2N2O. The SMILES string of the molecule is CCn1cc(CC(=O)c2cc(Cl)cc(Cl)c2)cn1. The summed E-state index contributed by atoms with van der Waals surface area (Å²) in [5.74, 6) is -0.0185. The Morgan fingerprint density at radius 3 is 2.50 bits per heavy atom. The normalized spacial score (nSPS) is 10.6. The Morgan fingerprint density at radius 1 is 1.28 bits per heavy atom. The molecule has 0 aliphatic rings. The number of hydrogen-bond donors (Lipinski definition) is 0. The van der Waals surface area contributed by atoms with Gasteiger partial charge in [-0.25, -0.2) is 0 Å². The highest BCUT2D eigenvalue weighted by Crippen LogP contribution is 2.20. The molecule has 0 fully saturated rings. The van der Waals surface area contributed by atoms with Crippen LogP contribution >= 0.6 is 23.2 Å². The summed E-state index contributed by atoms with van der Waals surface area (Å²) in [4.78, 5) is 12.1. The second-order valence-electron chi connectivity index (χ2n) is 3.96. The van der Waals surface area contributed by atoms with E-state index in [0.29, 0.717) is 22.0 Å². The lowest BCUT2D eigenvalue weighted by molar-refractivity contribution is 0.0993. The molecule has 0 aliphatic heterocycles. The van der Waals surface area contributed by atoms with Crippen LogP contribution in [0.25, 0.3) is 0 Å². The standard InChI is InChI=1S/C13H12Cl2N2O/c1-2-17-8-9(7-16-17)3-13(18)10-4-11(14)6-12(15)5-10/h4-8H,2-3H2,1H3. The molecule has 0 unspecified atom stereocenters.